The lowest BCUT2D eigenvalue weighted by Gasteiger charge is -2.40. The van der Waals surface area contributed by atoms with E-state index < -0.39 is 18.0 Å². The number of carbonyl (C=O) groups excluding carboxylic acids is 4. The fourth-order valence-corrected chi connectivity index (χ4v) is 5.14. The van der Waals surface area contributed by atoms with Gasteiger partial charge in [-0.3, -0.25) is 24.1 Å². The number of benzene rings is 2. The van der Waals surface area contributed by atoms with Crippen LogP contribution in [0.5, 0.6) is 0 Å². The molecular weight excluding hydrogens is 500 g/mol. The van der Waals surface area contributed by atoms with Gasteiger partial charge in [-0.05, 0) is 17.0 Å². The van der Waals surface area contributed by atoms with Crippen LogP contribution in [0, 0.1) is 5.92 Å². The fourth-order valence-electron chi connectivity index (χ4n) is 4.51. The summed E-state index contributed by atoms with van der Waals surface area (Å²) in [6.45, 7) is 4.84. The van der Waals surface area contributed by atoms with Crippen molar-refractivity contribution in [3.05, 3.63) is 94.6 Å². The average Bonchev–Trinajstić information content (AvgIpc) is 3.44. The summed E-state index contributed by atoms with van der Waals surface area (Å²) in [6, 6.07) is 17.0. The number of thiazole rings is 1. The molecule has 8 nitrogen and oxygen atoms in total. The number of carbonyl (C=O) groups is 4. The Kier molecular flexibility index (Phi) is 8.48. The minimum absolute atomic E-state index is 0.178. The normalized spacial score (nSPS) is 16.3. The van der Waals surface area contributed by atoms with Crippen LogP contribution in [0.1, 0.15) is 41.7 Å². The van der Waals surface area contributed by atoms with Crippen molar-refractivity contribution in [1.29, 1.82) is 0 Å². The minimum Gasteiger partial charge on any atom is -0.344 e. The average molecular weight is 531 g/mol. The largest absolute Gasteiger partial charge is 0.344 e. The van der Waals surface area contributed by atoms with Crippen LogP contribution in [0.25, 0.3) is 5.70 Å². The summed E-state index contributed by atoms with van der Waals surface area (Å²) in [5, 5.41) is 4.87. The maximum Gasteiger partial charge on any atom is 0.250 e. The van der Waals surface area contributed by atoms with Crippen LogP contribution in [-0.4, -0.2) is 56.9 Å². The summed E-state index contributed by atoms with van der Waals surface area (Å²) < 4.78 is 0. The number of amides is 3. The van der Waals surface area contributed by atoms with Crippen molar-refractivity contribution in [2.75, 3.05) is 6.54 Å². The Morgan fingerprint density at radius 1 is 1.03 bits per heavy atom. The quantitative estimate of drug-likeness (QED) is 0.425. The second-order valence-electron chi connectivity index (χ2n) is 9.43. The van der Waals surface area contributed by atoms with Crippen molar-refractivity contribution in [3.8, 4) is 0 Å². The van der Waals surface area contributed by atoms with Crippen LogP contribution in [0.15, 0.2) is 78.4 Å². The van der Waals surface area contributed by atoms with Gasteiger partial charge >= 0.3 is 0 Å². The first-order valence-corrected chi connectivity index (χ1v) is 13.3. The first kappa shape index (κ1) is 26.9. The summed E-state index contributed by atoms with van der Waals surface area (Å²) in [4.78, 5) is 59.8. The van der Waals surface area contributed by atoms with E-state index in [0.29, 0.717) is 16.3 Å². The van der Waals surface area contributed by atoms with Crippen molar-refractivity contribution in [1.82, 2.24) is 20.1 Å². The van der Waals surface area contributed by atoms with Gasteiger partial charge in [-0.1, -0.05) is 74.5 Å². The molecule has 0 spiro atoms. The van der Waals surface area contributed by atoms with Crippen molar-refractivity contribution in [3.63, 3.8) is 0 Å². The molecule has 196 valence electrons. The standard InChI is InChI=1S/C29H30N4O4S/c1-19(2)26-29(37)33(24(17-32(26)20(3)34)22-12-8-5-9-13-22)18-25(35)31-23(16-21-10-6-4-7-11-21)27(36)28-30-14-15-38-28/h4-15,17,19,23,26H,16,18H2,1-3H3,(H,31,35)/t23-,26-/m0/s1. The maximum atomic E-state index is 13.7. The number of nitrogens with one attached hydrogen (secondary N) is 1. The number of rotatable bonds is 9. The molecule has 0 fully saturated rings. The molecule has 0 unspecified atom stereocenters. The Balaban J connectivity index is 1.63. The lowest BCUT2D eigenvalue weighted by Crippen LogP contribution is -2.56. The summed E-state index contributed by atoms with van der Waals surface area (Å²) >= 11 is 1.21. The van der Waals surface area contributed by atoms with E-state index in [-0.39, 0.29) is 36.5 Å². The Morgan fingerprint density at radius 2 is 1.68 bits per heavy atom. The molecule has 9 heteroatoms. The lowest BCUT2D eigenvalue weighted by molar-refractivity contribution is -0.144. The van der Waals surface area contributed by atoms with Gasteiger partial charge in [0.15, 0.2) is 5.01 Å². The number of Topliss-reactive ketones (excluding diaryl/α,β-unsaturated/α-hetero) is 1. The van der Waals surface area contributed by atoms with Crippen molar-refractivity contribution in [2.24, 2.45) is 5.92 Å². The second kappa shape index (κ2) is 12.0. The highest BCUT2D eigenvalue weighted by Crippen LogP contribution is 2.30. The molecule has 0 aliphatic carbocycles. The van der Waals surface area contributed by atoms with E-state index in [0.717, 1.165) is 5.56 Å². The van der Waals surface area contributed by atoms with Crippen molar-refractivity contribution in [2.45, 2.75) is 39.3 Å². The molecule has 0 bridgehead atoms. The highest BCUT2D eigenvalue weighted by Gasteiger charge is 2.40. The van der Waals surface area contributed by atoms with E-state index in [4.69, 9.17) is 0 Å². The molecule has 3 amide bonds. The van der Waals surface area contributed by atoms with Gasteiger partial charge in [-0.2, -0.15) is 0 Å². The zero-order chi connectivity index (χ0) is 27.2. The van der Waals surface area contributed by atoms with Gasteiger partial charge in [0.2, 0.25) is 17.6 Å². The van der Waals surface area contributed by atoms with Gasteiger partial charge in [0.05, 0.1) is 11.7 Å². The van der Waals surface area contributed by atoms with Crippen LogP contribution in [0.2, 0.25) is 0 Å². The van der Waals surface area contributed by atoms with E-state index in [1.165, 1.54) is 28.1 Å². The van der Waals surface area contributed by atoms with Crippen LogP contribution in [0.3, 0.4) is 0 Å². The molecule has 1 aliphatic heterocycles. The molecule has 2 heterocycles. The number of hydrogen-bond donors (Lipinski definition) is 1. The summed E-state index contributed by atoms with van der Waals surface area (Å²) in [5.74, 6) is -1.56. The Morgan fingerprint density at radius 3 is 2.26 bits per heavy atom. The summed E-state index contributed by atoms with van der Waals surface area (Å²) in [7, 11) is 0. The Labute approximate surface area is 226 Å². The molecule has 0 saturated carbocycles. The van der Waals surface area contributed by atoms with E-state index in [9.17, 15) is 19.2 Å². The molecule has 38 heavy (non-hydrogen) atoms. The molecule has 1 aliphatic rings. The van der Waals surface area contributed by atoms with Gasteiger partial charge in [0.25, 0.3) is 5.91 Å². The zero-order valence-electron chi connectivity index (χ0n) is 21.5. The van der Waals surface area contributed by atoms with Crippen LogP contribution in [-0.2, 0) is 20.8 Å². The summed E-state index contributed by atoms with van der Waals surface area (Å²) in [5.41, 5.74) is 2.03. The molecule has 0 radical (unpaired) electrons. The maximum absolute atomic E-state index is 13.7. The van der Waals surface area contributed by atoms with Crippen molar-refractivity contribution >= 4 is 40.5 Å². The molecular formula is C29H30N4O4S. The highest BCUT2D eigenvalue weighted by molar-refractivity contribution is 7.11. The van der Waals surface area contributed by atoms with Crippen molar-refractivity contribution < 1.29 is 19.2 Å². The molecule has 1 aromatic heterocycles. The van der Waals surface area contributed by atoms with Gasteiger partial charge < -0.3 is 10.2 Å². The molecule has 2 aromatic carbocycles. The third-order valence-corrected chi connectivity index (χ3v) is 7.10. The topological polar surface area (TPSA) is 99.7 Å². The smallest absolute Gasteiger partial charge is 0.250 e. The SMILES string of the molecule is CC(=O)N1C=C(c2ccccc2)N(CC(=O)N[C@@H](Cc2ccccc2)C(=O)c2nccs2)C(=O)[C@@H]1C(C)C. The van der Waals surface area contributed by atoms with Gasteiger partial charge in [-0.15, -0.1) is 11.3 Å². The van der Waals surface area contributed by atoms with Crippen LogP contribution in [0.4, 0.5) is 0 Å². The van der Waals surface area contributed by atoms with E-state index in [1.54, 1.807) is 17.8 Å². The molecule has 2 atom stereocenters. The van der Waals surface area contributed by atoms with Gasteiger partial charge in [0.1, 0.15) is 12.6 Å². The van der Waals surface area contributed by atoms with E-state index in [1.807, 2.05) is 74.5 Å². The first-order valence-electron chi connectivity index (χ1n) is 12.4. The van der Waals surface area contributed by atoms with Crippen LogP contribution < -0.4 is 5.32 Å². The lowest BCUT2D eigenvalue weighted by atomic mass is 9.97. The first-order chi connectivity index (χ1) is 18.3. The fraction of sp³-hybridized carbons (Fsp3) is 0.276. The Bertz CT molecular complexity index is 1320. The zero-order valence-corrected chi connectivity index (χ0v) is 22.4. The highest BCUT2D eigenvalue weighted by atomic mass is 32.1. The number of aromatic nitrogens is 1. The van der Waals surface area contributed by atoms with E-state index in [2.05, 4.69) is 10.3 Å². The number of nitrogens with zero attached hydrogens (tertiary/aromatic N) is 3. The van der Waals surface area contributed by atoms with Crippen LogP contribution >= 0.6 is 11.3 Å². The molecule has 0 saturated heterocycles. The summed E-state index contributed by atoms with van der Waals surface area (Å²) in [6.07, 6.45) is 3.47. The van der Waals surface area contributed by atoms with Gasteiger partial charge in [-0.25, -0.2) is 4.98 Å². The molecule has 3 aromatic rings. The Hall–Kier alpha value is -4.11. The monoisotopic (exact) mass is 530 g/mol. The third kappa shape index (κ3) is 6.06. The number of ketones is 1. The third-order valence-electron chi connectivity index (χ3n) is 6.31. The predicted molar refractivity (Wildman–Crippen MR) is 146 cm³/mol. The number of hydrogen-bond acceptors (Lipinski definition) is 6. The van der Waals surface area contributed by atoms with E-state index >= 15 is 0 Å². The molecule has 1 N–H and O–H groups in total. The predicted octanol–water partition coefficient (Wildman–Crippen LogP) is 3.77. The molecule has 4 rings (SSSR count). The second-order valence-corrected chi connectivity index (χ2v) is 10.3. The minimum atomic E-state index is -0.852. The van der Waals surface area contributed by atoms with Gasteiger partial charge in [0, 0.05) is 31.1 Å².